The Morgan fingerprint density at radius 1 is 0.480 bits per heavy atom. The van der Waals surface area contributed by atoms with Crippen LogP contribution in [0.2, 0.25) is 0 Å². The molecule has 0 aliphatic rings. The summed E-state index contributed by atoms with van der Waals surface area (Å²) in [6.07, 6.45) is 0. The molecule has 0 unspecified atom stereocenters. The predicted octanol–water partition coefficient (Wildman–Crippen LogP) is 11.5. The van der Waals surface area contributed by atoms with E-state index in [0.29, 0.717) is 16.8 Å². The van der Waals surface area contributed by atoms with Gasteiger partial charge in [0, 0.05) is 43.9 Å². The highest BCUT2D eigenvalue weighted by Gasteiger charge is 2.19. The topological polar surface area (TPSA) is 61.8 Å². The fourth-order valence-electron chi connectivity index (χ4n) is 7.36. The molecule has 0 atom stereocenters. The first-order valence-corrected chi connectivity index (χ1v) is 16.3. The molecule has 0 saturated carbocycles. The maximum absolute atomic E-state index is 10.5. The third-order valence-electron chi connectivity index (χ3n) is 9.62. The van der Waals surface area contributed by atoms with Gasteiger partial charge in [-0.3, -0.25) is 0 Å². The van der Waals surface area contributed by atoms with Gasteiger partial charge in [0.2, 0.25) is 0 Å². The maximum Gasteiger partial charge on any atom is 0.189 e. The zero-order valence-corrected chi connectivity index (χ0v) is 26.7. The molecule has 0 spiro atoms. The normalized spacial score (nSPS) is 11.1. The van der Waals surface area contributed by atoms with E-state index in [-0.39, 0.29) is 0 Å². The Balaban J connectivity index is 1.16. The molecular formula is C45H25N5. The summed E-state index contributed by atoms with van der Waals surface area (Å²) in [5, 5.41) is 24.5. The third-order valence-corrected chi connectivity index (χ3v) is 9.62. The number of nitriles is 2. The lowest BCUT2D eigenvalue weighted by Gasteiger charge is -2.16. The predicted molar refractivity (Wildman–Crippen MR) is 202 cm³/mol. The summed E-state index contributed by atoms with van der Waals surface area (Å²) in [6.45, 7) is 7.66. The Hall–Kier alpha value is -7.39. The molecule has 0 amide bonds. The maximum atomic E-state index is 10.5. The van der Waals surface area contributed by atoms with Gasteiger partial charge in [-0.25, -0.2) is 4.85 Å². The molecule has 50 heavy (non-hydrogen) atoms. The van der Waals surface area contributed by atoms with Gasteiger partial charge in [-0.1, -0.05) is 91.0 Å². The minimum atomic E-state index is 0.533. The average Bonchev–Trinajstić information content (AvgIpc) is 3.69. The van der Waals surface area contributed by atoms with Gasteiger partial charge in [0.25, 0.3) is 0 Å². The molecular weight excluding hydrogens is 611 g/mol. The molecule has 9 rings (SSSR count). The lowest BCUT2D eigenvalue weighted by atomic mass is 9.94. The number of benzene rings is 7. The Bertz CT molecular complexity index is 2900. The summed E-state index contributed by atoms with van der Waals surface area (Å²) < 4.78 is 4.43. The van der Waals surface area contributed by atoms with Gasteiger partial charge in [0.05, 0.1) is 52.1 Å². The molecule has 230 valence electrons. The van der Waals surface area contributed by atoms with Crippen molar-refractivity contribution in [1.29, 1.82) is 10.5 Å². The van der Waals surface area contributed by atoms with E-state index in [1.807, 2.05) is 72.8 Å². The highest BCUT2D eigenvalue weighted by Crippen LogP contribution is 2.40. The van der Waals surface area contributed by atoms with Crippen LogP contribution in [0.3, 0.4) is 0 Å². The van der Waals surface area contributed by atoms with Crippen LogP contribution in [-0.2, 0) is 0 Å². The van der Waals surface area contributed by atoms with Crippen LogP contribution in [0.5, 0.6) is 0 Å². The van der Waals surface area contributed by atoms with Gasteiger partial charge in [-0.2, -0.15) is 10.5 Å². The number of nitrogens with zero attached hydrogens (tertiary/aromatic N) is 5. The molecule has 9 aromatic rings. The second-order valence-corrected chi connectivity index (χ2v) is 12.3. The highest BCUT2D eigenvalue weighted by molar-refractivity contribution is 6.11. The molecule has 0 bridgehead atoms. The summed E-state index contributed by atoms with van der Waals surface area (Å²) in [6, 6.07) is 55.6. The van der Waals surface area contributed by atoms with Crippen LogP contribution in [0.1, 0.15) is 11.1 Å². The smallest absolute Gasteiger partial charge is 0.189 e. The first kappa shape index (κ1) is 28.8. The van der Waals surface area contributed by atoms with Gasteiger partial charge in [-0.05, 0) is 71.8 Å². The van der Waals surface area contributed by atoms with Crippen molar-refractivity contribution in [3.63, 3.8) is 0 Å². The van der Waals surface area contributed by atoms with Crippen molar-refractivity contribution < 1.29 is 0 Å². The number of rotatable bonds is 4. The van der Waals surface area contributed by atoms with Crippen LogP contribution in [0, 0.1) is 29.2 Å². The minimum Gasteiger partial charge on any atom is -0.310 e. The van der Waals surface area contributed by atoms with Crippen LogP contribution >= 0.6 is 0 Å². The van der Waals surface area contributed by atoms with Crippen LogP contribution in [0.4, 0.5) is 5.69 Å². The zero-order chi connectivity index (χ0) is 33.8. The highest BCUT2D eigenvalue weighted by atomic mass is 15.0. The van der Waals surface area contributed by atoms with Gasteiger partial charge in [0.15, 0.2) is 5.69 Å². The summed E-state index contributed by atoms with van der Waals surface area (Å²) in [7, 11) is 0. The van der Waals surface area contributed by atoms with E-state index in [1.54, 1.807) is 0 Å². The molecule has 0 aliphatic heterocycles. The molecule has 2 aromatic heterocycles. The number of aromatic nitrogens is 2. The molecule has 5 heteroatoms. The van der Waals surface area contributed by atoms with E-state index in [4.69, 9.17) is 6.57 Å². The van der Waals surface area contributed by atoms with Crippen molar-refractivity contribution >= 4 is 49.3 Å². The van der Waals surface area contributed by atoms with Crippen LogP contribution in [0.15, 0.2) is 152 Å². The van der Waals surface area contributed by atoms with E-state index < -0.39 is 0 Å². The SMILES string of the molecule is [C-]#[N+]c1ccc2c3cc(C#N)ccc3n(-c3ccccc3-c3ccc(-c4ccc(-n5c6ccccc6c6ccccc65)cc4)cc3C#N)c2c1. The van der Waals surface area contributed by atoms with E-state index in [2.05, 4.69) is 105 Å². The Morgan fingerprint density at radius 3 is 1.86 bits per heavy atom. The van der Waals surface area contributed by atoms with Gasteiger partial charge >= 0.3 is 0 Å². The van der Waals surface area contributed by atoms with E-state index in [9.17, 15) is 10.5 Å². The van der Waals surface area contributed by atoms with Crippen molar-refractivity contribution in [2.24, 2.45) is 0 Å². The second kappa shape index (κ2) is 11.4. The minimum absolute atomic E-state index is 0.533. The van der Waals surface area contributed by atoms with E-state index >= 15 is 0 Å². The first-order chi connectivity index (χ1) is 24.7. The number of para-hydroxylation sites is 3. The van der Waals surface area contributed by atoms with Gasteiger partial charge in [0.1, 0.15) is 0 Å². The van der Waals surface area contributed by atoms with Crippen LogP contribution in [-0.4, -0.2) is 9.13 Å². The van der Waals surface area contributed by atoms with Gasteiger partial charge < -0.3 is 9.13 Å². The quantitative estimate of drug-likeness (QED) is 0.181. The largest absolute Gasteiger partial charge is 0.310 e. The third kappa shape index (κ3) is 4.38. The molecule has 7 aromatic carbocycles. The fourth-order valence-corrected chi connectivity index (χ4v) is 7.36. The van der Waals surface area contributed by atoms with Crippen molar-refractivity contribution in [1.82, 2.24) is 9.13 Å². The van der Waals surface area contributed by atoms with Crippen LogP contribution in [0.25, 0.3) is 82.1 Å². The Labute approximate surface area is 288 Å². The fraction of sp³-hybridized carbons (Fsp3) is 0. The molecule has 0 aliphatic carbocycles. The summed E-state index contributed by atoms with van der Waals surface area (Å²) in [4.78, 5) is 3.69. The van der Waals surface area contributed by atoms with Crippen molar-refractivity contribution in [2.45, 2.75) is 0 Å². The number of hydrogen-bond donors (Lipinski definition) is 0. The average molecular weight is 636 g/mol. The van der Waals surface area contributed by atoms with Crippen molar-refractivity contribution in [2.75, 3.05) is 0 Å². The summed E-state index contributed by atoms with van der Waals surface area (Å²) in [5.41, 5.74) is 11.4. The molecule has 5 nitrogen and oxygen atoms in total. The molecule has 0 radical (unpaired) electrons. The lowest BCUT2D eigenvalue weighted by molar-refractivity contribution is 1.18. The van der Waals surface area contributed by atoms with E-state index in [0.717, 1.165) is 66.5 Å². The van der Waals surface area contributed by atoms with Crippen molar-refractivity contribution in [3.8, 4) is 45.8 Å². The Kier molecular flexibility index (Phi) is 6.56. The molecule has 2 heterocycles. The monoisotopic (exact) mass is 635 g/mol. The Morgan fingerprint density at radius 2 is 1.14 bits per heavy atom. The van der Waals surface area contributed by atoms with Crippen molar-refractivity contribution in [3.05, 3.63) is 174 Å². The van der Waals surface area contributed by atoms with Gasteiger partial charge in [-0.15, -0.1) is 0 Å². The van der Waals surface area contributed by atoms with E-state index in [1.165, 1.54) is 10.8 Å². The second-order valence-electron chi connectivity index (χ2n) is 12.3. The van der Waals surface area contributed by atoms with Crippen LogP contribution < -0.4 is 0 Å². The molecule has 0 saturated heterocycles. The summed E-state index contributed by atoms with van der Waals surface area (Å²) in [5.74, 6) is 0. The number of hydrogen-bond acceptors (Lipinski definition) is 2. The lowest BCUT2D eigenvalue weighted by Crippen LogP contribution is -1.98. The molecule has 0 fully saturated rings. The zero-order valence-electron chi connectivity index (χ0n) is 26.7. The number of fused-ring (bicyclic) bond motifs is 6. The first-order valence-electron chi connectivity index (χ1n) is 16.3. The molecule has 0 N–H and O–H groups in total. The standard InChI is InChI=1S/C45H25N5/c1-48-33-18-22-39-40-24-29(27-46)14-23-44(40)50(45(39)26-33)43-13-7-2-8-36(43)35-21-17-31(25-32(35)28-47)30-15-19-34(20-16-30)49-41-11-5-3-9-37(41)38-10-4-6-12-42(38)49/h2-26H. The summed E-state index contributed by atoms with van der Waals surface area (Å²) >= 11 is 0.